The van der Waals surface area contributed by atoms with Crippen molar-refractivity contribution in [3.05, 3.63) is 64.4 Å². The number of fused-ring (bicyclic) bond motifs is 3. The normalized spacial score (nSPS) is 35.7. The van der Waals surface area contributed by atoms with E-state index < -0.39 is 4.87 Å². The minimum absolute atomic E-state index is 0.0345. The van der Waals surface area contributed by atoms with Crippen molar-refractivity contribution >= 4 is 40.8 Å². The second kappa shape index (κ2) is 5.60. The van der Waals surface area contributed by atoms with E-state index in [4.69, 9.17) is 39.5 Å². The maximum absolute atomic E-state index is 12.3. The van der Waals surface area contributed by atoms with Crippen molar-refractivity contribution in [2.24, 2.45) is 5.41 Å². The fraction of sp³-hybridized carbons (Fsp3) is 0.400. The Kier molecular flexibility index (Phi) is 3.63. The molecule has 1 aromatic carbocycles. The summed E-state index contributed by atoms with van der Waals surface area (Å²) in [5, 5.41) is 0.569. The molecule has 5 atom stereocenters. The summed E-state index contributed by atoms with van der Waals surface area (Å²) in [5.41, 5.74) is 2.94. The van der Waals surface area contributed by atoms with Crippen LogP contribution in [-0.2, 0) is 16.0 Å². The second-order valence-corrected chi connectivity index (χ2v) is 9.11. The highest BCUT2D eigenvalue weighted by Gasteiger charge is 2.87. The number of benzene rings is 1. The number of pyridine rings is 1. The SMILES string of the molecule is O=C(Cc1cccc(Cl)c1)OC[C@]1(Cl)C[C@@H]2c3cccnc3[C@H]3[C@@H](Cl)[C@@]231. The van der Waals surface area contributed by atoms with Crippen molar-refractivity contribution in [1.29, 1.82) is 0 Å². The van der Waals surface area contributed by atoms with Gasteiger partial charge in [-0.25, -0.2) is 0 Å². The zero-order valence-corrected chi connectivity index (χ0v) is 16.1. The van der Waals surface area contributed by atoms with E-state index in [1.807, 2.05) is 18.2 Å². The summed E-state index contributed by atoms with van der Waals surface area (Å²) in [4.78, 5) is 16.2. The van der Waals surface area contributed by atoms with Gasteiger partial charge in [0, 0.05) is 28.2 Å². The summed E-state index contributed by atoms with van der Waals surface area (Å²) in [6, 6.07) is 11.3. The third-order valence-electron chi connectivity index (χ3n) is 6.28. The highest BCUT2D eigenvalue weighted by molar-refractivity contribution is 6.31. The summed E-state index contributed by atoms with van der Waals surface area (Å²) in [5.74, 6) is 0.190. The Morgan fingerprint density at radius 3 is 2.96 bits per heavy atom. The van der Waals surface area contributed by atoms with E-state index in [0.717, 1.165) is 17.7 Å². The van der Waals surface area contributed by atoms with Gasteiger partial charge in [0.1, 0.15) is 6.61 Å². The Hall–Kier alpha value is -1.29. The summed E-state index contributed by atoms with van der Waals surface area (Å²) >= 11 is 19.5. The number of hydrogen-bond donors (Lipinski definition) is 0. The number of nitrogens with zero attached hydrogens (tertiary/aromatic N) is 1. The van der Waals surface area contributed by atoms with Gasteiger partial charge in [-0.1, -0.05) is 29.8 Å². The molecule has 2 aromatic rings. The first-order valence-electron chi connectivity index (χ1n) is 8.65. The molecule has 0 amide bonds. The smallest absolute Gasteiger partial charge is 0.310 e. The quantitative estimate of drug-likeness (QED) is 0.544. The number of rotatable bonds is 4. The predicted octanol–water partition coefficient (Wildman–Crippen LogP) is 4.69. The number of halogens is 3. The molecule has 1 spiro atoms. The third kappa shape index (κ3) is 2.08. The van der Waals surface area contributed by atoms with Gasteiger partial charge < -0.3 is 4.74 Å². The minimum atomic E-state index is -0.612. The topological polar surface area (TPSA) is 39.2 Å². The molecular weight excluding hydrogens is 393 g/mol. The molecule has 2 saturated carbocycles. The lowest BCUT2D eigenvalue weighted by Gasteiger charge is -2.51. The number of alkyl halides is 2. The highest BCUT2D eigenvalue weighted by Crippen LogP contribution is 2.87. The lowest BCUT2D eigenvalue weighted by atomic mass is 9.60. The van der Waals surface area contributed by atoms with Gasteiger partial charge in [0.05, 0.1) is 16.7 Å². The number of carbonyl (C=O) groups is 1. The lowest BCUT2D eigenvalue weighted by molar-refractivity contribution is -0.146. The van der Waals surface area contributed by atoms with E-state index >= 15 is 0 Å². The number of aromatic nitrogens is 1. The van der Waals surface area contributed by atoms with E-state index in [0.29, 0.717) is 10.9 Å². The van der Waals surface area contributed by atoms with Gasteiger partial charge >= 0.3 is 5.97 Å². The summed E-state index contributed by atoms with van der Waals surface area (Å²) in [6.07, 6.45) is 2.75. The van der Waals surface area contributed by atoms with E-state index in [2.05, 4.69) is 11.1 Å². The molecule has 3 aliphatic carbocycles. The molecule has 26 heavy (non-hydrogen) atoms. The molecule has 2 fully saturated rings. The summed E-state index contributed by atoms with van der Waals surface area (Å²) in [7, 11) is 0. The van der Waals surface area contributed by atoms with Crippen LogP contribution in [0.2, 0.25) is 5.02 Å². The maximum atomic E-state index is 12.3. The van der Waals surface area contributed by atoms with Gasteiger partial charge in [-0.3, -0.25) is 9.78 Å². The van der Waals surface area contributed by atoms with E-state index in [9.17, 15) is 4.79 Å². The molecule has 1 heterocycles. The van der Waals surface area contributed by atoms with E-state index in [1.165, 1.54) is 5.56 Å². The van der Waals surface area contributed by atoms with Crippen LogP contribution in [0.25, 0.3) is 0 Å². The van der Waals surface area contributed by atoms with Crippen LogP contribution in [0.3, 0.4) is 0 Å². The molecular formula is C20H16Cl3NO2. The van der Waals surface area contributed by atoms with Crippen LogP contribution in [0, 0.1) is 5.41 Å². The molecule has 5 rings (SSSR count). The zero-order chi connectivity index (χ0) is 18.1. The lowest BCUT2D eigenvalue weighted by Crippen LogP contribution is -2.54. The van der Waals surface area contributed by atoms with Gasteiger partial charge in [0.25, 0.3) is 0 Å². The van der Waals surface area contributed by atoms with Crippen molar-refractivity contribution < 1.29 is 9.53 Å². The summed E-state index contributed by atoms with van der Waals surface area (Å²) < 4.78 is 5.55. The average molecular weight is 409 g/mol. The molecule has 0 unspecified atom stereocenters. The van der Waals surface area contributed by atoms with Crippen molar-refractivity contribution in [3.63, 3.8) is 0 Å². The molecule has 0 radical (unpaired) electrons. The van der Waals surface area contributed by atoms with Gasteiger partial charge in [0.15, 0.2) is 0 Å². The van der Waals surface area contributed by atoms with Crippen LogP contribution in [0.5, 0.6) is 0 Å². The monoisotopic (exact) mass is 407 g/mol. The van der Waals surface area contributed by atoms with Gasteiger partial charge in [-0.15, -0.1) is 23.2 Å². The predicted molar refractivity (Wildman–Crippen MR) is 101 cm³/mol. The Morgan fingerprint density at radius 1 is 1.31 bits per heavy atom. The number of ether oxygens (including phenoxy) is 1. The average Bonchev–Trinajstić information content (AvgIpc) is 3.18. The van der Waals surface area contributed by atoms with E-state index in [1.54, 1.807) is 18.3 Å². The molecule has 3 aliphatic rings. The van der Waals surface area contributed by atoms with Crippen molar-refractivity contribution in [3.8, 4) is 0 Å². The highest BCUT2D eigenvalue weighted by atomic mass is 35.5. The zero-order valence-electron chi connectivity index (χ0n) is 13.8. The van der Waals surface area contributed by atoms with Crippen LogP contribution in [0.4, 0.5) is 0 Å². The van der Waals surface area contributed by atoms with Crippen LogP contribution < -0.4 is 0 Å². The first-order chi connectivity index (χ1) is 12.5. The standard InChI is InChI=1S/C20H16Cl3NO2/c21-12-4-1-3-11(7-12)8-15(25)26-10-19(23)9-14-13-5-2-6-24-17(13)16-18(22)20(14,16)19/h1-7,14,16,18H,8-10H2/t14-,16+,18-,19-,20-/m1/s1. The number of carbonyl (C=O) groups excluding carboxylic acids is 1. The maximum Gasteiger partial charge on any atom is 0.310 e. The van der Waals surface area contributed by atoms with E-state index in [-0.39, 0.29) is 35.7 Å². The molecule has 0 bridgehead atoms. The molecule has 3 nitrogen and oxygen atoms in total. The first kappa shape index (κ1) is 16.9. The number of esters is 1. The fourth-order valence-corrected chi connectivity index (χ4v) is 6.70. The van der Waals surface area contributed by atoms with Crippen LogP contribution in [0.15, 0.2) is 42.6 Å². The Bertz CT molecular complexity index is 915. The van der Waals surface area contributed by atoms with Crippen molar-refractivity contribution in [1.82, 2.24) is 4.98 Å². The Labute approximate surface area is 166 Å². The molecule has 6 heteroatoms. The molecule has 0 aliphatic heterocycles. The molecule has 1 aromatic heterocycles. The number of hydrogen-bond acceptors (Lipinski definition) is 3. The van der Waals surface area contributed by atoms with Gasteiger partial charge in [-0.2, -0.15) is 0 Å². The van der Waals surface area contributed by atoms with Gasteiger partial charge in [0.2, 0.25) is 0 Å². The van der Waals surface area contributed by atoms with Crippen LogP contribution >= 0.6 is 34.8 Å². The van der Waals surface area contributed by atoms with Gasteiger partial charge in [-0.05, 0) is 41.7 Å². The molecule has 134 valence electrons. The Balaban J connectivity index is 1.29. The molecule has 0 N–H and O–H groups in total. The fourth-order valence-electron chi connectivity index (χ4n) is 5.11. The van der Waals surface area contributed by atoms with Crippen molar-refractivity contribution in [2.45, 2.75) is 34.9 Å². The first-order valence-corrected chi connectivity index (χ1v) is 9.84. The minimum Gasteiger partial charge on any atom is -0.464 e. The van der Waals surface area contributed by atoms with Crippen LogP contribution in [-0.4, -0.2) is 27.8 Å². The third-order valence-corrected chi connectivity index (χ3v) is 7.71. The van der Waals surface area contributed by atoms with Crippen LogP contribution in [0.1, 0.15) is 35.1 Å². The second-order valence-electron chi connectivity index (χ2n) is 7.48. The van der Waals surface area contributed by atoms with Crippen molar-refractivity contribution in [2.75, 3.05) is 6.61 Å². The Morgan fingerprint density at radius 2 is 2.15 bits per heavy atom. The largest absolute Gasteiger partial charge is 0.464 e. The molecule has 0 saturated heterocycles. The summed E-state index contributed by atoms with van der Waals surface area (Å²) in [6.45, 7) is 0.179.